The van der Waals surface area contributed by atoms with Crippen LogP contribution in [0.15, 0.2) is 39.9 Å². The number of carbonyl (C=O) groups excluding carboxylic acids is 1. The molecule has 0 unspecified atom stereocenters. The van der Waals surface area contributed by atoms with Crippen LogP contribution in [0.3, 0.4) is 0 Å². The van der Waals surface area contributed by atoms with Crippen molar-refractivity contribution in [3.8, 4) is 5.75 Å². The summed E-state index contributed by atoms with van der Waals surface area (Å²) in [5.41, 5.74) is 4.65. The van der Waals surface area contributed by atoms with Crippen molar-refractivity contribution in [2.75, 3.05) is 0 Å². The molecule has 1 aliphatic carbocycles. The summed E-state index contributed by atoms with van der Waals surface area (Å²) in [7, 11) is 0. The van der Waals surface area contributed by atoms with Gasteiger partial charge in [-0.15, -0.1) is 0 Å². The van der Waals surface area contributed by atoms with Gasteiger partial charge in [-0.3, -0.25) is 4.79 Å². The van der Waals surface area contributed by atoms with Crippen LogP contribution in [0.25, 0.3) is 0 Å². The molecule has 25 heavy (non-hydrogen) atoms. The molecular formula is C20H24N2O3. The van der Waals surface area contributed by atoms with Crippen LogP contribution in [-0.2, 0) is 4.79 Å². The van der Waals surface area contributed by atoms with Gasteiger partial charge in [0.05, 0.1) is 6.21 Å². The van der Waals surface area contributed by atoms with Crippen molar-refractivity contribution in [2.24, 2.45) is 11.0 Å². The number of amides is 1. The van der Waals surface area contributed by atoms with Crippen LogP contribution in [-0.4, -0.2) is 18.2 Å². The lowest BCUT2D eigenvalue weighted by Gasteiger charge is -2.15. The molecule has 1 fully saturated rings. The van der Waals surface area contributed by atoms with Crippen molar-refractivity contribution in [1.82, 2.24) is 5.43 Å². The van der Waals surface area contributed by atoms with Gasteiger partial charge in [-0.2, -0.15) is 5.10 Å². The van der Waals surface area contributed by atoms with Crippen LogP contribution in [0.1, 0.15) is 48.8 Å². The summed E-state index contributed by atoms with van der Waals surface area (Å²) in [4.78, 5) is 12.1. The highest BCUT2D eigenvalue weighted by molar-refractivity contribution is 5.83. The van der Waals surface area contributed by atoms with Crippen molar-refractivity contribution in [2.45, 2.75) is 46.1 Å². The molecule has 1 aromatic carbocycles. The summed E-state index contributed by atoms with van der Waals surface area (Å²) in [6, 6.07) is 9.63. The summed E-state index contributed by atoms with van der Waals surface area (Å²) in [5.74, 6) is 3.26. The first-order chi connectivity index (χ1) is 12.0. The number of furan rings is 1. The minimum absolute atomic E-state index is 0.306. The summed E-state index contributed by atoms with van der Waals surface area (Å²) in [5, 5.41) is 3.96. The van der Waals surface area contributed by atoms with Crippen LogP contribution < -0.4 is 10.2 Å². The lowest BCUT2D eigenvalue weighted by molar-refractivity contribution is -0.127. The topological polar surface area (TPSA) is 63.8 Å². The van der Waals surface area contributed by atoms with Gasteiger partial charge in [-0.25, -0.2) is 5.43 Å². The molecule has 1 aliphatic rings. The van der Waals surface area contributed by atoms with E-state index in [4.69, 9.17) is 9.15 Å². The highest BCUT2D eigenvalue weighted by atomic mass is 16.5. The molecular weight excluding hydrogens is 316 g/mol. The predicted molar refractivity (Wildman–Crippen MR) is 97.0 cm³/mol. The number of carbonyl (C=O) groups is 1. The summed E-state index contributed by atoms with van der Waals surface area (Å²) < 4.78 is 11.4. The monoisotopic (exact) mass is 340 g/mol. The Hall–Kier alpha value is -2.56. The van der Waals surface area contributed by atoms with E-state index in [-0.39, 0.29) is 5.91 Å². The average Bonchev–Trinajstić information content (AvgIpc) is 3.13. The van der Waals surface area contributed by atoms with E-state index < -0.39 is 6.10 Å². The molecule has 1 saturated carbocycles. The fourth-order valence-electron chi connectivity index (χ4n) is 2.70. The summed E-state index contributed by atoms with van der Waals surface area (Å²) in [6.45, 7) is 7.89. The Morgan fingerprint density at radius 3 is 2.84 bits per heavy atom. The van der Waals surface area contributed by atoms with E-state index >= 15 is 0 Å². The molecule has 0 spiro atoms. The van der Waals surface area contributed by atoms with E-state index in [1.54, 1.807) is 6.92 Å². The second-order valence-corrected chi connectivity index (χ2v) is 6.75. The third kappa shape index (κ3) is 4.10. The maximum Gasteiger partial charge on any atom is 0.280 e. The van der Waals surface area contributed by atoms with Gasteiger partial charge in [0.1, 0.15) is 17.3 Å². The van der Waals surface area contributed by atoms with Crippen molar-refractivity contribution < 1.29 is 13.9 Å². The van der Waals surface area contributed by atoms with Crippen LogP contribution >= 0.6 is 0 Å². The quantitative estimate of drug-likeness (QED) is 0.640. The molecule has 5 nitrogen and oxygen atoms in total. The van der Waals surface area contributed by atoms with E-state index in [1.807, 2.05) is 44.2 Å². The molecule has 0 bridgehead atoms. The molecule has 5 heteroatoms. The molecule has 3 rings (SSSR count). The minimum atomic E-state index is -0.642. The second-order valence-electron chi connectivity index (χ2n) is 6.75. The fraction of sp³-hybridized carbons (Fsp3) is 0.400. The van der Waals surface area contributed by atoms with E-state index in [1.165, 1.54) is 12.6 Å². The number of benzene rings is 1. The number of hydrogen-bond acceptors (Lipinski definition) is 4. The first-order valence-electron chi connectivity index (χ1n) is 8.61. The molecule has 1 aromatic heterocycles. The largest absolute Gasteiger partial charge is 0.481 e. The third-order valence-corrected chi connectivity index (χ3v) is 4.72. The van der Waals surface area contributed by atoms with E-state index in [0.29, 0.717) is 23.3 Å². The Balaban J connectivity index is 1.53. The normalized spacial score (nSPS) is 20.5. The van der Waals surface area contributed by atoms with Crippen LogP contribution in [0.4, 0.5) is 0 Å². The smallest absolute Gasteiger partial charge is 0.280 e. The number of nitrogens with one attached hydrogen (secondary N) is 1. The van der Waals surface area contributed by atoms with Crippen molar-refractivity contribution in [1.29, 1.82) is 0 Å². The number of hydrogen-bond donors (Lipinski definition) is 1. The first kappa shape index (κ1) is 17.3. The maximum atomic E-state index is 12.1. The van der Waals surface area contributed by atoms with Crippen LogP contribution in [0, 0.1) is 19.8 Å². The van der Waals surface area contributed by atoms with E-state index in [0.717, 1.165) is 16.9 Å². The average molecular weight is 340 g/mol. The third-order valence-electron chi connectivity index (χ3n) is 4.72. The Labute approximate surface area is 148 Å². The van der Waals surface area contributed by atoms with Gasteiger partial charge in [0, 0.05) is 5.92 Å². The number of aryl methyl sites for hydroxylation is 1. The van der Waals surface area contributed by atoms with E-state index in [2.05, 4.69) is 17.5 Å². The van der Waals surface area contributed by atoms with Gasteiger partial charge < -0.3 is 9.15 Å². The zero-order chi connectivity index (χ0) is 18.0. The Morgan fingerprint density at radius 2 is 2.12 bits per heavy atom. The van der Waals surface area contributed by atoms with Gasteiger partial charge in [-0.05, 0) is 62.4 Å². The highest BCUT2D eigenvalue weighted by Gasteiger charge is 2.36. The molecule has 3 atom stereocenters. The SMILES string of the molecule is Cc1cccc(O[C@H](C)C(=O)N/N=C\c2ccc([C@H]3C[C@@H]3C)o2)c1C. The number of hydrazone groups is 1. The van der Waals surface area contributed by atoms with Gasteiger partial charge in [0.25, 0.3) is 5.91 Å². The Morgan fingerprint density at radius 1 is 1.36 bits per heavy atom. The molecule has 0 saturated heterocycles. The maximum absolute atomic E-state index is 12.1. The van der Waals surface area contributed by atoms with Crippen molar-refractivity contribution in [3.63, 3.8) is 0 Å². The van der Waals surface area contributed by atoms with Gasteiger partial charge >= 0.3 is 0 Å². The van der Waals surface area contributed by atoms with Gasteiger partial charge in [0.15, 0.2) is 6.10 Å². The number of rotatable bonds is 6. The van der Waals surface area contributed by atoms with Gasteiger partial charge in [-0.1, -0.05) is 19.1 Å². The first-order valence-corrected chi connectivity index (χ1v) is 8.61. The van der Waals surface area contributed by atoms with E-state index in [9.17, 15) is 4.79 Å². The Bertz CT molecular complexity index is 794. The van der Waals surface area contributed by atoms with Crippen molar-refractivity contribution >= 4 is 12.1 Å². The molecule has 1 amide bonds. The molecule has 132 valence electrons. The molecule has 2 aromatic rings. The number of ether oxygens (including phenoxy) is 1. The van der Waals surface area contributed by atoms with Crippen LogP contribution in [0.2, 0.25) is 0 Å². The summed E-state index contributed by atoms with van der Waals surface area (Å²) >= 11 is 0. The molecule has 1 heterocycles. The van der Waals surface area contributed by atoms with Gasteiger partial charge in [0.2, 0.25) is 0 Å². The zero-order valence-electron chi connectivity index (χ0n) is 15.1. The second kappa shape index (κ2) is 7.13. The van der Waals surface area contributed by atoms with Crippen LogP contribution in [0.5, 0.6) is 5.75 Å². The minimum Gasteiger partial charge on any atom is -0.481 e. The van der Waals surface area contributed by atoms with Crippen molar-refractivity contribution in [3.05, 3.63) is 53.0 Å². The molecule has 1 N–H and O–H groups in total. The predicted octanol–water partition coefficient (Wildman–Crippen LogP) is 3.94. The summed E-state index contributed by atoms with van der Waals surface area (Å²) in [6.07, 6.45) is 2.05. The molecule has 0 radical (unpaired) electrons. The number of nitrogens with zero attached hydrogens (tertiary/aromatic N) is 1. The lowest BCUT2D eigenvalue weighted by Crippen LogP contribution is -2.33. The fourth-order valence-corrected chi connectivity index (χ4v) is 2.70. The molecule has 0 aliphatic heterocycles. The Kier molecular flexibility index (Phi) is 4.93. The lowest BCUT2D eigenvalue weighted by atomic mass is 10.1. The standard InChI is InChI=1S/C20H24N2O3/c1-12-6-5-7-18(14(12)3)24-15(4)20(23)22-21-11-16-8-9-19(25-16)17-10-13(17)2/h5-9,11,13,15,17H,10H2,1-4H3,(H,22,23)/b21-11-/t13-,15+,17-/m0/s1. The zero-order valence-corrected chi connectivity index (χ0v) is 15.1. The highest BCUT2D eigenvalue weighted by Crippen LogP contribution is 2.47.